The molecule has 3 atom stereocenters. The maximum absolute atomic E-state index is 14.6. The number of esters is 1. The van der Waals surface area contributed by atoms with Gasteiger partial charge in [0.1, 0.15) is 21.2 Å². The fourth-order valence-corrected chi connectivity index (χ4v) is 6.24. The number of alkyl halides is 3. The Labute approximate surface area is 214 Å². The number of aliphatic carboxylic acids is 1. The molecular weight excluding hydrogens is 528 g/mol. The van der Waals surface area contributed by atoms with Crippen LogP contribution in [0.15, 0.2) is 36.4 Å². The standard InChI is InChI=1S/C24H23Cl2F3O5S/c1-12-7-13(5-6-17(12)20(32)34-21(2,3)4)22(33)11-23(24(27,28)29,35-18(22)19(30)31)14-8-15(25)10-16(26)9-14/h5-10,18,33H,11H2,1-4H3,(H,30,31)/t18?,22?,23-/m0/s1. The van der Waals surface area contributed by atoms with Gasteiger partial charge in [0, 0.05) is 16.5 Å². The average molecular weight is 551 g/mol. The van der Waals surface area contributed by atoms with E-state index in [0.29, 0.717) is 5.56 Å². The molecule has 0 aliphatic carbocycles. The van der Waals surface area contributed by atoms with Crippen molar-refractivity contribution < 1.29 is 37.7 Å². The second-order valence-electron chi connectivity index (χ2n) is 9.45. The van der Waals surface area contributed by atoms with Gasteiger partial charge in [-0.1, -0.05) is 35.3 Å². The molecule has 11 heteroatoms. The van der Waals surface area contributed by atoms with Crippen LogP contribution in [-0.4, -0.2) is 39.2 Å². The van der Waals surface area contributed by atoms with Crippen LogP contribution in [0.3, 0.4) is 0 Å². The van der Waals surface area contributed by atoms with Gasteiger partial charge in [0.25, 0.3) is 0 Å². The van der Waals surface area contributed by atoms with E-state index in [4.69, 9.17) is 27.9 Å². The van der Waals surface area contributed by atoms with Gasteiger partial charge in [-0.25, -0.2) is 4.79 Å². The third-order valence-electron chi connectivity index (χ3n) is 5.63. The van der Waals surface area contributed by atoms with Crippen molar-refractivity contribution in [2.45, 2.75) is 61.5 Å². The minimum atomic E-state index is -4.96. The number of carboxylic acid groups (broad SMARTS) is 1. The molecule has 0 spiro atoms. The first-order valence-corrected chi connectivity index (χ1v) is 12.0. The lowest BCUT2D eigenvalue weighted by molar-refractivity contribution is -0.173. The van der Waals surface area contributed by atoms with Crippen LogP contribution in [0.25, 0.3) is 0 Å². The molecule has 2 N–H and O–H groups in total. The summed E-state index contributed by atoms with van der Waals surface area (Å²) in [5.41, 5.74) is -3.18. The van der Waals surface area contributed by atoms with Crippen LogP contribution in [0.5, 0.6) is 0 Å². The fourth-order valence-electron chi connectivity index (χ4n) is 4.10. The van der Waals surface area contributed by atoms with Gasteiger partial charge in [-0.05, 0) is 68.7 Å². The van der Waals surface area contributed by atoms with E-state index >= 15 is 0 Å². The monoisotopic (exact) mass is 550 g/mol. The molecule has 0 bridgehead atoms. The van der Waals surface area contributed by atoms with Crippen LogP contribution in [0.2, 0.25) is 10.0 Å². The van der Waals surface area contributed by atoms with Gasteiger partial charge >= 0.3 is 18.1 Å². The van der Waals surface area contributed by atoms with Crippen molar-refractivity contribution in [3.05, 3.63) is 68.7 Å². The van der Waals surface area contributed by atoms with Gasteiger partial charge in [-0.2, -0.15) is 13.2 Å². The summed E-state index contributed by atoms with van der Waals surface area (Å²) in [5.74, 6) is -2.27. The number of aliphatic hydroxyl groups is 1. The Balaban J connectivity index is 2.15. The quantitative estimate of drug-likeness (QED) is 0.423. The lowest BCUT2D eigenvalue weighted by atomic mass is 9.78. The highest BCUT2D eigenvalue weighted by atomic mass is 35.5. The van der Waals surface area contributed by atoms with Crippen molar-refractivity contribution in [1.82, 2.24) is 0 Å². The molecule has 1 saturated heterocycles. The molecule has 5 nitrogen and oxygen atoms in total. The summed E-state index contributed by atoms with van der Waals surface area (Å²) >= 11 is 12.0. The first kappa shape index (κ1) is 27.6. The minimum Gasteiger partial charge on any atom is -0.480 e. The normalized spacial score (nSPS) is 24.9. The lowest BCUT2D eigenvalue weighted by Gasteiger charge is -2.33. The first-order valence-electron chi connectivity index (χ1n) is 10.4. The summed E-state index contributed by atoms with van der Waals surface area (Å²) in [6.07, 6.45) is -5.97. The number of carbonyl (C=O) groups is 2. The van der Waals surface area contributed by atoms with E-state index in [2.05, 4.69) is 0 Å². The highest BCUT2D eigenvalue weighted by molar-refractivity contribution is 8.02. The summed E-state index contributed by atoms with van der Waals surface area (Å²) in [7, 11) is 0. The van der Waals surface area contributed by atoms with Crippen LogP contribution in [0.4, 0.5) is 13.2 Å². The highest BCUT2D eigenvalue weighted by Gasteiger charge is 2.69. The molecule has 2 aromatic rings. The zero-order valence-electron chi connectivity index (χ0n) is 19.2. The fraction of sp³-hybridized carbons (Fsp3) is 0.417. The molecule has 0 aromatic heterocycles. The van der Waals surface area contributed by atoms with E-state index < -0.39 is 45.7 Å². The molecular formula is C24H23Cl2F3O5S. The Morgan fingerprint density at radius 2 is 1.63 bits per heavy atom. The maximum atomic E-state index is 14.6. The van der Waals surface area contributed by atoms with E-state index in [1.165, 1.54) is 31.2 Å². The topological polar surface area (TPSA) is 83.8 Å². The van der Waals surface area contributed by atoms with Crippen molar-refractivity contribution in [2.24, 2.45) is 0 Å². The summed E-state index contributed by atoms with van der Waals surface area (Å²) in [6.45, 7) is 6.58. The number of ether oxygens (including phenoxy) is 1. The Morgan fingerprint density at radius 3 is 2.09 bits per heavy atom. The highest BCUT2D eigenvalue weighted by Crippen LogP contribution is 2.65. The van der Waals surface area contributed by atoms with E-state index in [0.717, 1.165) is 12.1 Å². The van der Waals surface area contributed by atoms with Crippen LogP contribution >= 0.6 is 35.0 Å². The Morgan fingerprint density at radius 1 is 1.06 bits per heavy atom. The predicted octanol–water partition coefficient (Wildman–Crippen LogP) is 6.49. The smallest absolute Gasteiger partial charge is 0.407 e. The van der Waals surface area contributed by atoms with Crippen LogP contribution in [0.1, 0.15) is 54.2 Å². The average Bonchev–Trinajstić information content (AvgIpc) is 3.02. The number of benzene rings is 2. The molecule has 1 fully saturated rings. The van der Waals surface area contributed by atoms with Crippen molar-refractivity contribution in [2.75, 3.05) is 0 Å². The van der Waals surface area contributed by atoms with Crippen LogP contribution in [0, 0.1) is 6.92 Å². The van der Waals surface area contributed by atoms with Crippen molar-refractivity contribution in [3.8, 4) is 0 Å². The molecule has 3 rings (SSSR count). The molecule has 1 aliphatic heterocycles. The van der Waals surface area contributed by atoms with Crippen molar-refractivity contribution >= 4 is 46.9 Å². The summed E-state index contributed by atoms with van der Waals surface area (Å²) in [4.78, 5) is 24.6. The molecule has 35 heavy (non-hydrogen) atoms. The number of hydrogen-bond donors (Lipinski definition) is 2. The maximum Gasteiger partial charge on any atom is 0.407 e. The van der Waals surface area contributed by atoms with E-state index in [9.17, 15) is 33.0 Å². The van der Waals surface area contributed by atoms with E-state index in [1.807, 2.05) is 0 Å². The molecule has 2 aromatic carbocycles. The van der Waals surface area contributed by atoms with Gasteiger partial charge < -0.3 is 14.9 Å². The second kappa shape index (κ2) is 9.18. The van der Waals surface area contributed by atoms with E-state index in [1.54, 1.807) is 20.8 Å². The number of halogens is 5. The van der Waals surface area contributed by atoms with Crippen LogP contribution in [-0.2, 0) is 19.9 Å². The number of carbonyl (C=O) groups excluding carboxylic acids is 1. The number of thioether (sulfide) groups is 1. The number of carboxylic acids is 1. The zero-order chi connectivity index (χ0) is 26.6. The summed E-state index contributed by atoms with van der Waals surface area (Å²) < 4.78 is 46.3. The zero-order valence-corrected chi connectivity index (χ0v) is 21.5. The molecule has 2 unspecified atom stereocenters. The van der Waals surface area contributed by atoms with E-state index in [-0.39, 0.29) is 38.5 Å². The molecule has 1 aliphatic rings. The van der Waals surface area contributed by atoms with Crippen molar-refractivity contribution in [1.29, 1.82) is 0 Å². The Hall–Kier alpha value is -1.94. The van der Waals surface area contributed by atoms with Crippen molar-refractivity contribution in [3.63, 3.8) is 0 Å². The largest absolute Gasteiger partial charge is 0.480 e. The minimum absolute atomic E-state index is 0.0587. The SMILES string of the molecule is Cc1cc(C2(O)C[C@](c3cc(Cl)cc(Cl)c3)(C(F)(F)F)SC2C(=O)O)ccc1C(=O)OC(C)(C)C. The molecule has 0 amide bonds. The predicted molar refractivity (Wildman–Crippen MR) is 128 cm³/mol. The summed E-state index contributed by atoms with van der Waals surface area (Å²) in [6, 6.07) is 7.26. The number of rotatable bonds is 4. The first-order chi connectivity index (χ1) is 15.9. The van der Waals surface area contributed by atoms with Crippen LogP contribution < -0.4 is 0 Å². The molecule has 1 heterocycles. The third-order valence-corrected chi connectivity index (χ3v) is 7.90. The molecule has 190 valence electrons. The molecule has 0 saturated carbocycles. The van der Waals surface area contributed by atoms with Gasteiger partial charge in [-0.3, -0.25) is 4.79 Å². The summed E-state index contributed by atoms with van der Waals surface area (Å²) in [5, 5.41) is 19.4. The van der Waals surface area contributed by atoms with Gasteiger partial charge in [-0.15, -0.1) is 11.8 Å². The number of hydrogen-bond acceptors (Lipinski definition) is 5. The van der Waals surface area contributed by atoms with Gasteiger partial charge in [0.2, 0.25) is 0 Å². The van der Waals surface area contributed by atoms with Gasteiger partial charge in [0.15, 0.2) is 0 Å². The molecule has 0 radical (unpaired) electrons. The second-order valence-corrected chi connectivity index (χ2v) is 11.7. The number of aryl methyl sites for hydroxylation is 1. The van der Waals surface area contributed by atoms with Gasteiger partial charge in [0.05, 0.1) is 5.56 Å². The lowest BCUT2D eigenvalue weighted by Crippen LogP contribution is -2.41. The third kappa shape index (κ3) is 5.28. The Bertz CT molecular complexity index is 1160. The Kier molecular flexibility index (Phi) is 7.25.